The molecule has 1 saturated carbocycles. The molecule has 0 aromatic heterocycles. The molecule has 1 aliphatic heterocycles. The number of fused-ring (bicyclic) bond motifs is 2. The quantitative estimate of drug-likeness (QED) is 0.378. The molecule has 0 spiro atoms. The lowest BCUT2D eigenvalue weighted by Crippen LogP contribution is -2.51. The van der Waals surface area contributed by atoms with Crippen LogP contribution in [0.5, 0.6) is 0 Å². The summed E-state index contributed by atoms with van der Waals surface area (Å²) in [6.45, 7) is 1.38. The number of urea groups is 1. The van der Waals surface area contributed by atoms with Crippen molar-refractivity contribution in [3.63, 3.8) is 0 Å². The third kappa shape index (κ3) is 5.83. The Morgan fingerprint density at radius 1 is 0.976 bits per heavy atom. The van der Waals surface area contributed by atoms with Crippen molar-refractivity contribution in [1.29, 1.82) is 0 Å². The Labute approximate surface area is 233 Å². The van der Waals surface area contributed by atoms with E-state index < -0.39 is 48.2 Å². The molecule has 5 rings (SSSR count). The van der Waals surface area contributed by atoms with Crippen LogP contribution in [0.2, 0.25) is 0 Å². The van der Waals surface area contributed by atoms with Crippen LogP contribution in [-0.4, -0.2) is 36.7 Å². The minimum absolute atomic E-state index is 0.0767. The average molecular weight is 584 g/mol. The molecule has 6 nitrogen and oxygen atoms in total. The van der Waals surface area contributed by atoms with Crippen LogP contribution >= 0.6 is 0 Å². The average Bonchev–Trinajstić information content (AvgIpc) is 3.66. The Kier molecular flexibility index (Phi) is 7.63. The van der Waals surface area contributed by atoms with E-state index in [0.29, 0.717) is 23.4 Å². The van der Waals surface area contributed by atoms with Crippen molar-refractivity contribution in [3.05, 3.63) is 63.7 Å². The molecule has 1 N–H and O–H groups in total. The first-order valence-electron chi connectivity index (χ1n) is 13.7. The molecule has 2 unspecified atom stereocenters. The number of carbonyl (C=O) groups is 2. The lowest BCUT2D eigenvalue weighted by molar-refractivity contribution is -0.143. The van der Waals surface area contributed by atoms with Gasteiger partial charge >= 0.3 is 24.5 Å². The lowest BCUT2D eigenvalue weighted by atomic mass is 9.86. The number of anilines is 1. The van der Waals surface area contributed by atoms with Gasteiger partial charge in [0, 0.05) is 19.6 Å². The van der Waals surface area contributed by atoms with Crippen LogP contribution in [0, 0.1) is 5.92 Å². The number of carbonyl (C=O) groups excluding carboxylic acids is 2. The Morgan fingerprint density at radius 2 is 1.59 bits per heavy atom. The zero-order chi connectivity index (χ0) is 29.7. The van der Waals surface area contributed by atoms with E-state index in [-0.39, 0.29) is 36.6 Å². The van der Waals surface area contributed by atoms with Gasteiger partial charge in [0.15, 0.2) is 0 Å². The van der Waals surface area contributed by atoms with Crippen molar-refractivity contribution in [2.24, 2.45) is 5.92 Å². The minimum atomic E-state index is -5.01. The number of alkyl halides is 6. The SMILES string of the molecule is CCOC(=O)N1c2cc3c(cc2C(N(Cc2cc(C(F)(F)F)cc(C(F)(F)F)c2)C(=O)NC)CC1C1CC1)CCC3. The van der Waals surface area contributed by atoms with Crippen LogP contribution in [-0.2, 0) is 36.5 Å². The van der Waals surface area contributed by atoms with Crippen molar-refractivity contribution in [1.82, 2.24) is 10.2 Å². The third-order valence-corrected chi connectivity index (χ3v) is 8.14. The van der Waals surface area contributed by atoms with E-state index in [9.17, 15) is 35.9 Å². The van der Waals surface area contributed by atoms with Crippen molar-refractivity contribution >= 4 is 17.8 Å². The molecule has 1 fully saturated rings. The summed E-state index contributed by atoms with van der Waals surface area (Å²) in [7, 11) is 1.36. The van der Waals surface area contributed by atoms with Crippen LogP contribution in [0.15, 0.2) is 30.3 Å². The standard InChI is InChI=1S/C29H31F6N3O3/c1-3-41-27(40)38-23(17-7-8-17)14-24(22-11-18-5-4-6-19(18)12-25(22)38)37(26(39)36-2)15-16-9-20(28(30,31)32)13-21(10-16)29(33,34)35/h9-13,17,23-24H,3-8,14-15H2,1-2H3,(H,36,39). The highest BCUT2D eigenvalue weighted by atomic mass is 19.4. The maximum Gasteiger partial charge on any atom is 0.416 e. The number of amides is 3. The van der Waals surface area contributed by atoms with Gasteiger partial charge in [-0.3, -0.25) is 4.90 Å². The number of nitrogens with one attached hydrogen (secondary N) is 1. The number of benzene rings is 2. The fourth-order valence-electron chi connectivity index (χ4n) is 6.13. The maximum atomic E-state index is 13.6. The molecule has 12 heteroatoms. The Hall–Kier alpha value is -3.44. The van der Waals surface area contributed by atoms with Gasteiger partial charge < -0.3 is 15.0 Å². The summed E-state index contributed by atoms with van der Waals surface area (Å²) in [4.78, 5) is 29.4. The Balaban J connectivity index is 1.63. The molecule has 2 atom stereocenters. The predicted molar refractivity (Wildman–Crippen MR) is 138 cm³/mol. The van der Waals surface area contributed by atoms with Crippen molar-refractivity contribution in [2.45, 2.75) is 76.4 Å². The van der Waals surface area contributed by atoms with Gasteiger partial charge in [0.25, 0.3) is 0 Å². The van der Waals surface area contributed by atoms with Gasteiger partial charge in [-0.15, -0.1) is 0 Å². The van der Waals surface area contributed by atoms with E-state index >= 15 is 0 Å². The summed E-state index contributed by atoms with van der Waals surface area (Å²) in [6.07, 6.45) is -6.02. The summed E-state index contributed by atoms with van der Waals surface area (Å²) < 4.78 is 87.0. The summed E-state index contributed by atoms with van der Waals surface area (Å²) in [5, 5.41) is 2.51. The summed E-state index contributed by atoms with van der Waals surface area (Å²) in [5.41, 5.74) is 0.156. The highest BCUT2D eigenvalue weighted by molar-refractivity contribution is 5.91. The van der Waals surface area contributed by atoms with Crippen LogP contribution < -0.4 is 10.2 Å². The maximum absolute atomic E-state index is 13.6. The normalized spacial score (nSPS) is 20.3. The number of hydrogen-bond donors (Lipinski definition) is 1. The summed E-state index contributed by atoms with van der Waals surface area (Å²) >= 11 is 0. The second kappa shape index (κ2) is 10.8. The minimum Gasteiger partial charge on any atom is -0.449 e. The molecular weight excluding hydrogens is 552 g/mol. The van der Waals surface area contributed by atoms with Gasteiger partial charge in [-0.2, -0.15) is 26.3 Å². The predicted octanol–water partition coefficient (Wildman–Crippen LogP) is 7.24. The monoisotopic (exact) mass is 583 g/mol. The molecule has 3 amide bonds. The fraction of sp³-hybridized carbons (Fsp3) is 0.517. The highest BCUT2D eigenvalue weighted by Gasteiger charge is 2.47. The van der Waals surface area contributed by atoms with Crippen LogP contribution in [0.3, 0.4) is 0 Å². The zero-order valence-electron chi connectivity index (χ0n) is 22.7. The second-order valence-electron chi connectivity index (χ2n) is 10.9. The third-order valence-electron chi connectivity index (χ3n) is 8.14. The lowest BCUT2D eigenvalue weighted by Gasteiger charge is -2.44. The molecule has 0 radical (unpaired) electrons. The molecule has 2 aliphatic carbocycles. The Morgan fingerprint density at radius 3 is 2.12 bits per heavy atom. The van der Waals surface area contributed by atoms with E-state index in [1.807, 2.05) is 12.1 Å². The van der Waals surface area contributed by atoms with Gasteiger partial charge in [0.2, 0.25) is 0 Å². The molecular formula is C29H31F6N3O3. The molecule has 3 aliphatic rings. The summed E-state index contributed by atoms with van der Waals surface area (Å²) in [5.74, 6) is 0.139. The number of aryl methyl sites for hydroxylation is 2. The number of rotatable bonds is 5. The van der Waals surface area contributed by atoms with Crippen LogP contribution in [0.25, 0.3) is 0 Å². The number of hydrogen-bond acceptors (Lipinski definition) is 3. The fourth-order valence-corrected chi connectivity index (χ4v) is 6.13. The number of halogens is 6. The molecule has 1 heterocycles. The smallest absolute Gasteiger partial charge is 0.416 e. The first-order valence-corrected chi connectivity index (χ1v) is 13.7. The zero-order valence-corrected chi connectivity index (χ0v) is 22.7. The van der Waals surface area contributed by atoms with Crippen molar-refractivity contribution in [3.8, 4) is 0 Å². The molecule has 222 valence electrons. The van der Waals surface area contributed by atoms with Crippen molar-refractivity contribution in [2.75, 3.05) is 18.6 Å². The first-order chi connectivity index (χ1) is 19.3. The van der Waals surface area contributed by atoms with Crippen LogP contribution in [0.1, 0.15) is 72.0 Å². The van der Waals surface area contributed by atoms with Gasteiger partial charge in [-0.25, -0.2) is 9.59 Å². The molecule has 41 heavy (non-hydrogen) atoms. The van der Waals surface area contributed by atoms with Gasteiger partial charge in [0.1, 0.15) is 0 Å². The van der Waals surface area contributed by atoms with Crippen molar-refractivity contribution < 1.29 is 40.7 Å². The molecule has 2 aromatic carbocycles. The van der Waals surface area contributed by atoms with E-state index in [1.54, 1.807) is 11.8 Å². The summed E-state index contributed by atoms with van der Waals surface area (Å²) in [6, 6.07) is 3.56. The highest BCUT2D eigenvalue weighted by Crippen LogP contribution is 2.50. The molecule has 0 saturated heterocycles. The number of nitrogens with zero attached hydrogens (tertiary/aromatic N) is 2. The van der Waals surface area contributed by atoms with E-state index in [0.717, 1.165) is 43.2 Å². The van der Waals surface area contributed by atoms with E-state index in [1.165, 1.54) is 11.9 Å². The molecule has 2 aromatic rings. The first kappa shape index (κ1) is 29.1. The molecule has 0 bridgehead atoms. The van der Waals surface area contributed by atoms with Gasteiger partial charge in [-0.05, 0) is 97.9 Å². The topological polar surface area (TPSA) is 61.9 Å². The number of ether oxygens (including phenoxy) is 1. The van der Waals surface area contributed by atoms with Gasteiger partial charge in [-0.1, -0.05) is 6.07 Å². The second-order valence-corrected chi connectivity index (χ2v) is 10.9. The largest absolute Gasteiger partial charge is 0.449 e. The van der Waals surface area contributed by atoms with Crippen LogP contribution in [0.4, 0.5) is 41.6 Å². The Bertz CT molecular complexity index is 1310. The van der Waals surface area contributed by atoms with Gasteiger partial charge in [0.05, 0.1) is 29.5 Å². The van der Waals surface area contributed by atoms with E-state index in [2.05, 4.69) is 5.32 Å². The van der Waals surface area contributed by atoms with E-state index in [4.69, 9.17) is 4.74 Å².